The van der Waals surface area contributed by atoms with E-state index in [1.54, 1.807) is 37.3 Å². The Morgan fingerprint density at radius 3 is 2.38 bits per heavy atom. The maximum atomic E-state index is 13.3. The predicted molar refractivity (Wildman–Crippen MR) is 119 cm³/mol. The summed E-state index contributed by atoms with van der Waals surface area (Å²) in [6, 6.07) is 17.9. The third-order valence-corrected chi connectivity index (χ3v) is 5.13. The fourth-order valence-electron chi connectivity index (χ4n) is 3.37. The Kier molecular flexibility index (Phi) is 8.75. The first-order chi connectivity index (χ1) is 15.5. The van der Waals surface area contributed by atoms with Gasteiger partial charge in [-0.3, -0.25) is 9.59 Å². The maximum Gasteiger partial charge on any atom is 0.338 e. The van der Waals surface area contributed by atoms with Gasteiger partial charge >= 0.3 is 11.9 Å². The van der Waals surface area contributed by atoms with Crippen LogP contribution in [-0.4, -0.2) is 36.0 Å². The van der Waals surface area contributed by atoms with Crippen molar-refractivity contribution < 1.29 is 28.6 Å². The van der Waals surface area contributed by atoms with Crippen LogP contribution in [0.25, 0.3) is 0 Å². The minimum Gasteiger partial charge on any atom is -0.463 e. The van der Waals surface area contributed by atoms with Crippen molar-refractivity contribution in [1.29, 1.82) is 0 Å². The van der Waals surface area contributed by atoms with E-state index in [4.69, 9.17) is 14.2 Å². The molecule has 0 aliphatic carbocycles. The van der Waals surface area contributed by atoms with Crippen LogP contribution in [0.5, 0.6) is 0 Å². The number of allylic oxidation sites excluding steroid dienone is 1. The van der Waals surface area contributed by atoms with Gasteiger partial charge in [-0.05, 0) is 43.9 Å². The number of carbonyl (C=O) groups is 3. The Labute approximate surface area is 188 Å². The van der Waals surface area contributed by atoms with Gasteiger partial charge in [-0.15, -0.1) is 0 Å². The number of carbonyl (C=O) groups excluding carboxylic acids is 3. The number of hydrogen-bond acceptors (Lipinski definition) is 6. The van der Waals surface area contributed by atoms with Gasteiger partial charge in [0.2, 0.25) is 5.78 Å². The van der Waals surface area contributed by atoms with Crippen LogP contribution in [0, 0.1) is 0 Å². The number of Topliss-reactive ketones (excluding diaryl/α,β-unsaturated/α-hetero) is 1. The summed E-state index contributed by atoms with van der Waals surface area (Å²) in [5.74, 6) is -1.71. The minimum absolute atomic E-state index is 0.228. The lowest BCUT2D eigenvalue weighted by Gasteiger charge is -2.23. The van der Waals surface area contributed by atoms with Gasteiger partial charge < -0.3 is 14.2 Å². The lowest BCUT2D eigenvalue weighted by molar-refractivity contribution is -0.155. The van der Waals surface area contributed by atoms with E-state index < -0.39 is 29.9 Å². The van der Waals surface area contributed by atoms with E-state index in [1.807, 2.05) is 42.5 Å². The van der Waals surface area contributed by atoms with E-state index in [2.05, 4.69) is 0 Å². The molecule has 6 heteroatoms. The first-order valence-corrected chi connectivity index (χ1v) is 10.8. The van der Waals surface area contributed by atoms with Crippen molar-refractivity contribution in [2.24, 2.45) is 0 Å². The van der Waals surface area contributed by atoms with Crippen molar-refractivity contribution in [1.82, 2.24) is 0 Å². The summed E-state index contributed by atoms with van der Waals surface area (Å²) in [5, 5.41) is 0. The van der Waals surface area contributed by atoms with E-state index in [9.17, 15) is 14.4 Å². The zero-order valence-corrected chi connectivity index (χ0v) is 18.1. The molecule has 1 unspecified atom stereocenters. The van der Waals surface area contributed by atoms with Crippen LogP contribution >= 0.6 is 0 Å². The molecule has 0 fully saturated rings. The van der Waals surface area contributed by atoms with E-state index in [0.717, 1.165) is 12.0 Å². The molecule has 0 amide bonds. The number of hydrogen-bond donors (Lipinski definition) is 0. The molecule has 0 bridgehead atoms. The number of esters is 2. The summed E-state index contributed by atoms with van der Waals surface area (Å²) in [5.41, 5.74) is 1.22. The highest BCUT2D eigenvalue weighted by molar-refractivity contribution is 5.96. The van der Waals surface area contributed by atoms with Crippen LogP contribution in [-0.2, 0) is 30.4 Å². The van der Waals surface area contributed by atoms with Crippen LogP contribution in [0.1, 0.15) is 48.5 Å². The molecular weight excluding hydrogens is 408 g/mol. The lowest BCUT2D eigenvalue weighted by atomic mass is 10.0. The molecule has 32 heavy (non-hydrogen) atoms. The quantitative estimate of drug-likeness (QED) is 0.510. The van der Waals surface area contributed by atoms with Crippen LogP contribution < -0.4 is 0 Å². The van der Waals surface area contributed by atoms with E-state index >= 15 is 0 Å². The van der Waals surface area contributed by atoms with E-state index in [-0.39, 0.29) is 19.1 Å². The monoisotopic (exact) mass is 436 g/mol. The molecule has 0 saturated carbocycles. The molecule has 0 spiro atoms. The molecule has 3 atom stereocenters. The average molecular weight is 437 g/mol. The molecular formula is C26H28O6. The molecule has 2 aromatic carbocycles. The number of cyclic esters (lactones) is 1. The molecule has 0 aromatic heterocycles. The van der Waals surface area contributed by atoms with Crippen molar-refractivity contribution >= 4 is 17.7 Å². The van der Waals surface area contributed by atoms with Crippen LogP contribution in [0.15, 0.2) is 72.8 Å². The highest BCUT2D eigenvalue weighted by Crippen LogP contribution is 2.18. The van der Waals surface area contributed by atoms with E-state index in [0.29, 0.717) is 18.4 Å². The van der Waals surface area contributed by atoms with Gasteiger partial charge in [-0.25, -0.2) is 4.79 Å². The zero-order valence-electron chi connectivity index (χ0n) is 18.1. The van der Waals surface area contributed by atoms with Crippen molar-refractivity contribution in [3.05, 3.63) is 83.9 Å². The summed E-state index contributed by atoms with van der Waals surface area (Å²) in [6.45, 7) is 2.03. The first kappa shape index (κ1) is 23.4. The molecule has 1 aliphatic heterocycles. The third-order valence-electron chi connectivity index (χ3n) is 5.13. The number of ketones is 1. The number of benzene rings is 2. The molecule has 1 heterocycles. The van der Waals surface area contributed by atoms with Crippen molar-refractivity contribution in [2.75, 3.05) is 0 Å². The second-order valence-electron chi connectivity index (χ2n) is 7.74. The standard InChI is InChI=1S/C26H28O6/c1-19-11-5-2-10-16-22(30-18-20-12-6-3-7-13-20)25(28)23(17-24(27)31-19)32-26(29)21-14-8-4-9-15-21/h2-4,6-10,12-15,19,22-23H,5,11,16-18H2,1H3/b10-2+/t19-,22-,23?/m0/s1. The fraction of sp³-hybridized carbons (Fsp3) is 0.346. The molecule has 2 aromatic rings. The average Bonchev–Trinajstić information content (AvgIpc) is 2.80. The van der Waals surface area contributed by atoms with Crippen LogP contribution in [0.2, 0.25) is 0 Å². The smallest absolute Gasteiger partial charge is 0.338 e. The summed E-state index contributed by atoms with van der Waals surface area (Å²) < 4.78 is 16.8. The molecule has 1 aliphatic rings. The van der Waals surface area contributed by atoms with Crippen molar-refractivity contribution in [2.45, 2.75) is 57.5 Å². The largest absolute Gasteiger partial charge is 0.463 e. The topological polar surface area (TPSA) is 78.9 Å². The Hall–Kier alpha value is -3.25. The Morgan fingerprint density at radius 2 is 1.66 bits per heavy atom. The molecule has 6 nitrogen and oxygen atoms in total. The van der Waals surface area contributed by atoms with Gasteiger partial charge in [0.25, 0.3) is 0 Å². The van der Waals surface area contributed by atoms with Crippen LogP contribution in [0.3, 0.4) is 0 Å². The highest BCUT2D eigenvalue weighted by Gasteiger charge is 2.33. The molecule has 168 valence electrons. The van der Waals surface area contributed by atoms with E-state index in [1.165, 1.54) is 0 Å². The summed E-state index contributed by atoms with van der Waals surface area (Å²) in [7, 11) is 0. The van der Waals surface area contributed by atoms with Gasteiger partial charge in [-0.2, -0.15) is 0 Å². The van der Waals surface area contributed by atoms with Gasteiger partial charge in [0.15, 0.2) is 6.10 Å². The Morgan fingerprint density at radius 1 is 0.969 bits per heavy atom. The molecule has 3 rings (SSSR count). The highest BCUT2D eigenvalue weighted by atomic mass is 16.6. The van der Waals surface area contributed by atoms with Gasteiger partial charge in [-0.1, -0.05) is 60.7 Å². The SMILES string of the molecule is C[C@H]1CC/C=C/C[C@H](OCc2ccccc2)C(=O)C(OC(=O)c2ccccc2)CC(=O)O1. The van der Waals surface area contributed by atoms with Crippen molar-refractivity contribution in [3.8, 4) is 0 Å². The zero-order chi connectivity index (χ0) is 22.8. The third kappa shape index (κ3) is 7.17. The Balaban J connectivity index is 1.80. The van der Waals surface area contributed by atoms with Crippen LogP contribution in [0.4, 0.5) is 0 Å². The summed E-state index contributed by atoms with van der Waals surface area (Å²) in [6.07, 6.45) is 2.76. The van der Waals surface area contributed by atoms with Gasteiger partial charge in [0.1, 0.15) is 6.10 Å². The lowest BCUT2D eigenvalue weighted by Crippen LogP contribution is -2.39. The second kappa shape index (κ2) is 12.0. The maximum absolute atomic E-state index is 13.3. The number of ether oxygens (including phenoxy) is 3. The molecule has 0 radical (unpaired) electrons. The molecule has 0 saturated heterocycles. The molecule has 0 N–H and O–H groups in total. The Bertz CT molecular complexity index is 922. The summed E-state index contributed by atoms with van der Waals surface area (Å²) >= 11 is 0. The fourth-order valence-corrected chi connectivity index (χ4v) is 3.37. The van der Waals surface area contributed by atoms with Crippen molar-refractivity contribution in [3.63, 3.8) is 0 Å². The summed E-state index contributed by atoms with van der Waals surface area (Å²) in [4.78, 5) is 38.4. The minimum atomic E-state index is -1.30. The second-order valence-corrected chi connectivity index (χ2v) is 7.74. The van der Waals surface area contributed by atoms with Gasteiger partial charge in [0, 0.05) is 0 Å². The normalized spacial score (nSPS) is 23.3. The number of rotatable bonds is 5. The van der Waals surface area contributed by atoms with Gasteiger partial charge in [0.05, 0.1) is 24.7 Å². The first-order valence-electron chi connectivity index (χ1n) is 10.8. The predicted octanol–water partition coefficient (Wildman–Crippen LogP) is 4.43.